The van der Waals surface area contributed by atoms with Gasteiger partial charge in [0.15, 0.2) is 0 Å². The molecule has 4 heteroatoms. The topological polar surface area (TPSA) is 55.6 Å². The van der Waals surface area contributed by atoms with Crippen molar-refractivity contribution in [2.45, 2.75) is 45.8 Å². The quantitative estimate of drug-likeness (QED) is 0.781. The molecule has 1 atom stereocenters. The molecule has 0 aromatic heterocycles. The van der Waals surface area contributed by atoms with Gasteiger partial charge in [0.25, 0.3) is 0 Å². The summed E-state index contributed by atoms with van der Waals surface area (Å²) in [5.41, 5.74) is 5.86. The lowest BCUT2D eigenvalue weighted by Crippen LogP contribution is -2.50. The van der Waals surface area contributed by atoms with Crippen LogP contribution in [0.2, 0.25) is 0 Å². The lowest BCUT2D eigenvalue weighted by Gasteiger charge is -2.34. The van der Waals surface area contributed by atoms with Crippen molar-refractivity contribution in [1.82, 2.24) is 4.90 Å². The third kappa shape index (κ3) is 3.46. The second-order valence-electron chi connectivity index (χ2n) is 4.75. The number of ether oxygens (including phenoxy) is 1. The van der Waals surface area contributed by atoms with Gasteiger partial charge in [-0.1, -0.05) is 13.8 Å². The number of piperidine rings is 1. The Morgan fingerprint density at radius 1 is 1.44 bits per heavy atom. The molecule has 0 aromatic carbocycles. The maximum Gasteiger partial charge on any atom is 0.239 e. The standard InChI is InChI=1S/C12H24N2O2/c1-4-16-10-5-7-14(8-6-10)12(15)11(13)9(2)3/h9-11H,4-8,13H2,1-3H3. The fourth-order valence-corrected chi connectivity index (χ4v) is 1.97. The van der Waals surface area contributed by atoms with Gasteiger partial charge in [-0.15, -0.1) is 0 Å². The molecule has 1 heterocycles. The van der Waals surface area contributed by atoms with Crippen molar-refractivity contribution in [2.24, 2.45) is 11.7 Å². The number of nitrogens with zero attached hydrogens (tertiary/aromatic N) is 1. The van der Waals surface area contributed by atoms with E-state index in [1.165, 1.54) is 0 Å². The first-order chi connectivity index (χ1) is 7.56. The summed E-state index contributed by atoms with van der Waals surface area (Å²) in [6, 6.07) is -0.358. The van der Waals surface area contributed by atoms with E-state index in [1.807, 2.05) is 25.7 Å². The second-order valence-corrected chi connectivity index (χ2v) is 4.75. The number of likely N-dealkylation sites (tertiary alicyclic amines) is 1. The Kier molecular flexibility index (Phi) is 5.22. The zero-order valence-corrected chi connectivity index (χ0v) is 10.6. The maximum absolute atomic E-state index is 12.0. The molecule has 0 radical (unpaired) electrons. The highest BCUT2D eigenvalue weighted by atomic mass is 16.5. The van der Waals surface area contributed by atoms with Gasteiger partial charge in [0.2, 0.25) is 5.91 Å². The van der Waals surface area contributed by atoms with E-state index in [2.05, 4.69) is 0 Å². The van der Waals surface area contributed by atoms with E-state index in [-0.39, 0.29) is 17.9 Å². The highest BCUT2D eigenvalue weighted by Crippen LogP contribution is 2.15. The lowest BCUT2D eigenvalue weighted by atomic mass is 10.0. The average molecular weight is 228 g/mol. The first kappa shape index (κ1) is 13.5. The van der Waals surface area contributed by atoms with Crippen LogP contribution in [0.15, 0.2) is 0 Å². The molecule has 0 saturated carbocycles. The summed E-state index contributed by atoms with van der Waals surface area (Å²) in [6.07, 6.45) is 2.19. The Hall–Kier alpha value is -0.610. The molecule has 1 amide bonds. The summed E-state index contributed by atoms with van der Waals surface area (Å²) in [5, 5.41) is 0. The van der Waals surface area contributed by atoms with E-state index in [4.69, 9.17) is 10.5 Å². The zero-order valence-electron chi connectivity index (χ0n) is 10.6. The van der Waals surface area contributed by atoms with E-state index >= 15 is 0 Å². The Labute approximate surface area is 98.1 Å². The van der Waals surface area contributed by atoms with Crippen molar-refractivity contribution >= 4 is 5.91 Å². The largest absolute Gasteiger partial charge is 0.378 e. The van der Waals surface area contributed by atoms with Crippen LogP contribution in [0.4, 0.5) is 0 Å². The van der Waals surface area contributed by atoms with E-state index in [0.29, 0.717) is 6.10 Å². The predicted molar refractivity (Wildman–Crippen MR) is 64.0 cm³/mol. The molecule has 0 aromatic rings. The SMILES string of the molecule is CCOC1CCN(C(=O)C(N)C(C)C)CC1. The minimum absolute atomic E-state index is 0.0879. The zero-order chi connectivity index (χ0) is 12.1. The van der Waals surface area contributed by atoms with Gasteiger partial charge in [-0.2, -0.15) is 0 Å². The Balaban J connectivity index is 2.38. The fourth-order valence-electron chi connectivity index (χ4n) is 1.97. The summed E-state index contributed by atoms with van der Waals surface area (Å²) >= 11 is 0. The minimum atomic E-state index is -0.358. The summed E-state index contributed by atoms with van der Waals surface area (Å²) in [6.45, 7) is 8.29. The fraction of sp³-hybridized carbons (Fsp3) is 0.917. The predicted octanol–water partition coefficient (Wildman–Crippen LogP) is 0.997. The molecule has 1 fully saturated rings. The Morgan fingerprint density at radius 2 is 2.00 bits per heavy atom. The molecule has 1 unspecified atom stereocenters. The van der Waals surface area contributed by atoms with Crippen molar-refractivity contribution < 1.29 is 9.53 Å². The van der Waals surface area contributed by atoms with Crippen LogP contribution in [0.25, 0.3) is 0 Å². The van der Waals surface area contributed by atoms with Crippen molar-refractivity contribution in [3.05, 3.63) is 0 Å². The number of amides is 1. The first-order valence-electron chi connectivity index (χ1n) is 6.22. The first-order valence-corrected chi connectivity index (χ1v) is 6.22. The van der Waals surface area contributed by atoms with E-state index in [0.717, 1.165) is 32.5 Å². The van der Waals surface area contributed by atoms with Crippen LogP contribution < -0.4 is 5.73 Å². The molecule has 1 aliphatic heterocycles. The van der Waals surface area contributed by atoms with Crippen LogP contribution in [-0.2, 0) is 9.53 Å². The molecule has 4 nitrogen and oxygen atoms in total. The lowest BCUT2D eigenvalue weighted by molar-refractivity contribution is -0.136. The van der Waals surface area contributed by atoms with Crippen LogP contribution in [0.3, 0.4) is 0 Å². The summed E-state index contributed by atoms with van der Waals surface area (Å²) in [7, 11) is 0. The highest BCUT2D eigenvalue weighted by molar-refractivity contribution is 5.82. The Morgan fingerprint density at radius 3 is 2.44 bits per heavy atom. The van der Waals surface area contributed by atoms with Gasteiger partial charge in [0, 0.05) is 19.7 Å². The van der Waals surface area contributed by atoms with E-state index in [9.17, 15) is 4.79 Å². The average Bonchev–Trinajstić information content (AvgIpc) is 2.28. The van der Waals surface area contributed by atoms with Crippen LogP contribution >= 0.6 is 0 Å². The number of carbonyl (C=O) groups excluding carboxylic acids is 1. The van der Waals surface area contributed by atoms with Crippen molar-refractivity contribution in [1.29, 1.82) is 0 Å². The summed E-state index contributed by atoms with van der Waals surface area (Å²) in [4.78, 5) is 13.8. The molecule has 2 N–H and O–H groups in total. The smallest absolute Gasteiger partial charge is 0.239 e. The molecule has 1 aliphatic rings. The molecule has 16 heavy (non-hydrogen) atoms. The molecule has 1 saturated heterocycles. The van der Waals surface area contributed by atoms with Gasteiger partial charge in [0.05, 0.1) is 12.1 Å². The van der Waals surface area contributed by atoms with Gasteiger partial charge in [-0.25, -0.2) is 0 Å². The molecular weight excluding hydrogens is 204 g/mol. The molecule has 1 rings (SSSR count). The number of rotatable bonds is 4. The van der Waals surface area contributed by atoms with Crippen LogP contribution in [0, 0.1) is 5.92 Å². The van der Waals surface area contributed by atoms with Crippen molar-refractivity contribution in [2.75, 3.05) is 19.7 Å². The minimum Gasteiger partial charge on any atom is -0.378 e. The van der Waals surface area contributed by atoms with Crippen LogP contribution in [0.5, 0.6) is 0 Å². The number of carbonyl (C=O) groups is 1. The third-order valence-electron chi connectivity index (χ3n) is 3.16. The van der Waals surface area contributed by atoms with Gasteiger partial charge >= 0.3 is 0 Å². The van der Waals surface area contributed by atoms with Crippen molar-refractivity contribution in [3.8, 4) is 0 Å². The van der Waals surface area contributed by atoms with Gasteiger partial charge in [-0.3, -0.25) is 4.79 Å². The second kappa shape index (κ2) is 6.21. The number of nitrogens with two attached hydrogens (primary N) is 1. The van der Waals surface area contributed by atoms with E-state index < -0.39 is 0 Å². The van der Waals surface area contributed by atoms with Crippen LogP contribution in [-0.4, -0.2) is 42.6 Å². The monoisotopic (exact) mass is 228 g/mol. The van der Waals surface area contributed by atoms with Gasteiger partial charge in [0.1, 0.15) is 0 Å². The molecule has 0 spiro atoms. The Bertz CT molecular complexity index is 223. The van der Waals surface area contributed by atoms with Crippen LogP contribution in [0.1, 0.15) is 33.6 Å². The number of hydrogen-bond acceptors (Lipinski definition) is 3. The molecular formula is C12H24N2O2. The van der Waals surface area contributed by atoms with Gasteiger partial charge in [-0.05, 0) is 25.7 Å². The third-order valence-corrected chi connectivity index (χ3v) is 3.16. The molecule has 0 bridgehead atoms. The van der Waals surface area contributed by atoms with E-state index in [1.54, 1.807) is 0 Å². The summed E-state index contributed by atoms with van der Waals surface area (Å²) in [5.74, 6) is 0.294. The molecule has 0 aliphatic carbocycles. The normalized spacial score (nSPS) is 20.2. The number of hydrogen-bond donors (Lipinski definition) is 1. The summed E-state index contributed by atoms with van der Waals surface area (Å²) < 4.78 is 5.55. The molecule has 94 valence electrons. The van der Waals surface area contributed by atoms with Gasteiger partial charge < -0.3 is 15.4 Å². The highest BCUT2D eigenvalue weighted by Gasteiger charge is 2.27. The van der Waals surface area contributed by atoms with Crippen molar-refractivity contribution in [3.63, 3.8) is 0 Å². The maximum atomic E-state index is 12.0.